The molecule has 0 aromatic carbocycles. The van der Waals surface area contributed by atoms with Gasteiger partial charge in [-0.05, 0) is 37.7 Å². The van der Waals surface area contributed by atoms with E-state index in [1.165, 1.54) is 48.0 Å². The number of thiophene rings is 1. The van der Waals surface area contributed by atoms with Gasteiger partial charge in [0.25, 0.3) is 0 Å². The van der Waals surface area contributed by atoms with Crippen molar-refractivity contribution in [3.05, 3.63) is 22.5 Å². The Morgan fingerprint density at radius 3 is 2.94 bits per heavy atom. The summed E-state index contributed by atoms with van der Waals surface area (Å²) in [6.45, 7) is 2.18. The number of fused-ring (bicyclic) bond motifs is 3. The highest BCUT2D eigenvalue weighted by molar-refractivity contribution is 7.18. The highest BCUT2D eigenvalue weighted by Gasteiger charge is 2.17. The highest BCUT2D eigenvalue weighted by Crippen LogP contribution is 2.35. The van der Waals surface area contributed by atoms with Gasteiger partial charge in [0.2, 0.25) is 0 Å². The standard InChI is InChI=1S/C13H16N2S/c1-2-10-12-9-6-4-3-5-7-11(9)16-13(12)15-8-14-10/h8H,2-7H2,1H3. The first-order valence-electron chi connectivity index (χ1n) is 6.14. The average molecular weight is 232 g/mol. The number of nitrogens with zero attached hydrogens (tertiary/aromatic N) is 2. The first-order chi connectivity index (χ1) is 7.90. The molecule has 2 heterocycles. The Morgan fingerprint density at radius 2 is 2.06 bits per heavy atom. The lowest BCUT2D eigenvalue weighted by Gasteiger charge is -2.02. The van der Waals surface area contributed by atoms with Crippen LogP contribution in [0, 0.1) is 0 Å². The quantitative estimate of drug-likeness (QED) is 0.703. The minimum absolute atomic E-state index is 1.02. The zero-order valence-electron chi connectivity index (χ0n) is 9.62. The average Bonchev–Trinajstić information content (AvgIpc) is 2.52. The van der Waals surface area contributed by atoms with Crippen LogP contribution in [0.15, 0.2) is 6.33 Å². The fourth-order valence-corrected chi connectivity index (χ4v) is 3.85. The Kier molecular flexibility index (Phi) is 2.64. The van der Waals surface area contributed by atoms with Crippen LogP contribution < -0.4 is 0 Å². The maximum atomic E-state index is 4.43. The Bertz CT molecular complexity index is 516. The highest BCUT2D eigenvalue weighted by atomic mass is 32.1. The van der Waals surface area contributed by atoms with E-state index in [-0.39, 0.29) is 0 Å². The number of hydrogen-bond acceptors (Lipinski definition) is 3. The molecule has 0 fully saturated rings. The second kappa shape index (κ2) is 4.13. The van der Waals surface area contributed by atoms with Crippen LogP contribution in [-0.4, -0.2) is 9.97 Å². The van der Waals surface area contributed by atoms with E-state index >= 15 is 0 Å². The van der Waals surface area contributed by atoms with Crippen molar-refractivity contribution in [1.29, 1.82) is 0 Å². The normalized spacial score (nSPS) is 16.1. The Labute approximate surface area is 99.7 Å². The predicted octanol–water partition coefficient (Wildman–Crippen LogP) is 3.52. The van der Waals surface area contributed by atoms with Crippen molar-refractivity contribution < 1.29 is 0 Å². The molecule has 16 heavy (non-hydrogen) atoms. The van der Waals surface area contributed by atoms with Crippen LogP contribution >= 0.6 is 11.3 Å². The Hall–Kier alpha value is -0.960. The molecule has 3 rings (SSSR count). The van der Waals surface area contributed by atoms with E-state index < -0.39 is 0 Å². The molecule has 2 nitrogen and oxygen atoms in total. The van der Waals surface area contributed by atoms with Gasteiger partial charge < -0.3 is 0 Å². The molecule has 0 atom stereocenters. The first-order valence-corrected chi connectivity index (χ1v) is 6.96. The van der Waals surface area contributed by atoms with Gasteiger partial charge >= 0.3 is 0 Å². The maximum absolute atomic E-state index is 4.43. The summed E-state index contributed by atoms with van der Waals surface area (Å²) >= 11 is 1.89. The zero-order valence-corrected chi connectivity index (χ0v) is 10.4. The minimum Gasteiger partial charge on any atom is -0.241 e. The number of rotatable bonds is 1. The summed E-state index contributed by atoms with van der Waals surface area (Å²) in [6, 6.07) is 0. The number of aromatic nitrogens is 2. The first kappa shape index (κ1) is 10.2. The smallest absolute Gasteiger partial charge is 0.127 e. The molecule has 84 valence electrons. The van der Waals surface area contributed by atoms with Crippen LogP contribution in [0.25, 0.3) is 10.2 Å². The second-order valence-corrected chi connectivity index (χ2v) is 5.50. The number of aryl methyl sites for hydroxylation is 3. The Morgan fingerprint density at radius 1 is 1.19 bits per heavy atom. The number of hydrogen-bond donors (Lipinski definition) is 0. The Balaban J connectivity index is 2.27. The fraction of sp³-hybridized carbons (Fsp3) is 0.538. The summed E-state index contributed by atoms with van der Waals surface area (Å²) in [4.78, 5) is 11.6. The van der Waals surface area contributed by atoms with E-state index in [0.717, 1.165) is 6.42 Å². The lowest BCUT2D eigenvalue weighted by Crippen LogP contribution is -1.92. The molecular formula is C13H16N2S. The molecule has 0 saturated carbocycles. The molecule has 0 bridgehead atoms. The van der Waals surface area contributed by atoms with Crippen LogP contribution in [0.2, 0.25) is 0 Å². The molecule has 0 saturated heterocycles. The molecule has 0 spiro atoms. The van der Waals surface area contributed by atoms with E-state index in [4.69, 9.17) is 0 Å². The van der Waals surface area contributed by atoms with Crippen molar-refractivity contribution in [2.75, 3.05) is 0 Å². The van der Waals surface area contributed by atoms with Crippen LogP contribution in [0.3, 0.4) is 0 Å². The van der Waals surface area contributed by atoms with Crippen molar-refractivity contribution in [2.24, 2.45) is 0 Å². The molecule has 3 heteroatoms. The molecule has 0 radical (unpaired) electrons. The summed E-state index contributed by atoms with van der Waals surface area (Å²) in [7, 11) is 0. The molecule has 0 N–H and O–H groups in total. The van der Waals surface area contributed by atoms with Gasteiger partial charge in [-0.1, -0.05) is 13.3 Å². The molecule has 0 amide bonds. The van der Waals surface area contributed by atoms with Crippen molar-refractivity contribution in [3.63, 3.8) is 0 Å². The van der Waals surface area contributed by atoms with Gasteiger partial charge in [-0.25, -0.2) is 9.97 Å². The summed E-state index contributed by atoms with van der Waals surface area (Å²) < 4.78 is 0. The molecule has 0 aliphatic heterocycles. The van der Waals surface area contributed by atoms with E-state index in [1.807, 2.05) is 11.3 Å². The van der Waals surface area contributed by atoms with Gasteiger partial charge in [0.1, 0.15) is 11.2 Å². The summed E-state index contributed by atoms with van der Waals surface area (Å²) in [6.07, 6.45) is 9.26. The molecule has 0 unspecified atom stereocenters. The van der Waals surface area contributed by atoms with Crippen LogP contribution in [0.5, 0.6) is 0 Å². The van der Waals surface area contributed by atoms with Crippen LogP contribution in [-0.2, 0) is 19.3 Å². The summed E-state index contributed by atoms with van der Waals surface area (Å²) in [5, 5.41) is 1.38. The lowest BCUT2D eigenvalue weighted by atomic mass is 10.1. The fourth-order valence-electron chi connectivity index (χ4n) is 2.60. The largest absolute Gasteiger partial charge is 0.241 e. The van der Waals surface area contributed by atoms with Crippen molar-refractivity contribution in [3.8, 4) is 0 Å². The molecule has 2 aromatic rings. The summed E-state index contributed by atoms with van der Waals surface area (Å²) in [5.74, 6) is 0. The van der Waals surface area contributed by atoms with Crippen LogP contribution in [0.4, 0.5) is 0 Å². The van der Waals surface area contributed by atoms with Crippen molar-refractivity contribution in [1.82, 2.24) is 9.97 Å². The zero-order chi connectivity index (χ0) is 11.0. The van der Waals surface area contributed by atoms with E-state index in [0.29, 0.717) is 0 Å². The molecule has 2 aromatic heterocycles. The topological polar surface area (TPSA) is 25.8 Å². The van der Waals surface area contributed by atoms with Gasteiger partial charge in [-0.15, -0.1) is 11.3 Å². The predicted molar refractivity (Wildman–Crippen MR) is 68.1 cm³/mol. The minimum atomic E-state index is 1.02. The van der Waals surface area contributed by atoms with Gasteiger partial charge in [0, 0.05) is 10.3 Å². The maximum Gasteiger partial charge on any atom is 0.127 e. The molecule has 1 aliphatic rings. The monoisotopic (exact) mass is 232 g/mol. The van der Waals surface area contributed by atoms with Gasteiger partial charge in [0.05, 0.1) is 5.69 Å². The van der Waals surface area contributed by atoms with E-state index in [2.05, 4.69) is 16.9 Å². The van der Waals surface area contributed by atoms with Gasteiger partial charge in [-0.3, -0.25) is 0 Å². The lowest BCUT2D eigenvalue weighted by molar-refractivity contribution is 0.713. The third-order valence-corrected chi connectivity index (χ3v) is 4.61. The van der Waals surface area contributed by atoms with Gasteiger partial charge in [-0.2, -0.15) is 0 Å². The van der Waals surface area contributed by atoms with Crippen molar-refractivity contribution in [2.45, 2.75) is 45.4 Å². The van der Waals surface area contributed by atoms with E-state index in [1.54, 1.807) is 16.8 Å². The second-order valence-electron chi connectivity index (χ2n) is 4.42. The summed E-state index contributed by atoms with van der Waals surface area (Å²) in [5.41, 5.74) is 2.80. The van der Waals surface area contributed by atoms with Crippen LogP contribution in [0.1, 0.15) is 42.3 Å². The molecular weight excluding hydrogens is 216 g/mol. The third kappa shape index (κ3) is 1.54. The van der Waals surface area contributed by atoms with E-state index in [9.17, 15) is 0 Å². The third-order valence-electron chi connectivity index (χ3n) is 3.41. The molecule has 1 aliphatic carbocycles. The van der Waals surface area contributed by atoms with Gasteiger partial charge in [0.15, 0.2) is 0 Å². The SMILES string of the molecule is CCc1ncnc2sc3c(c12)CCCCC3. The van der Waals surface area contributed by atoms with Crippen molar-refractivity contribution >= 4 is 21.6 Å².